The summed E-state index contributed by atoms with van der Waals surface area (Å²) in [4.78, 5) is 25.1. The minimum Gasteiger partial charge on any atom is -0.460 e. The van der Waals surface area contributed by atoms with Gasteiger partial charge in [-0.15, -0.1) is 0 Å². The van der Waals surface area contributed by atoms with Crippen molar-refractivity contribution in [1.29, 1.82) is 0 Å². The summed E-state index contributed by atoms with van der Waals surface area (Å²) in [6.07, 6.45) is 4.94. The minimum absolute atomic E-state index is 0.0782. The number of hydrogen-bond acceptors (Lipinski definition) is 4. The van der Waals surface area contributed by atoms with E-state index in [2.05, 4.69) is 11.8 Å². The molecular formula is C17H31NO3. The zero-order valence-electron chi connectivity index (χ0n) is 14.2. The third-order valence-corrected chi connectivity index (χ3v) is 4.03. The van der Waals surface area contributed by atoms with Crippen molar-refractivity contribution in [3.8, 4) is 0 Å². The van der Waals surface area contributed by atoms with E-state index >= 15 is 0 Å². The van der Waals surface area contributed by atoms with Crippen molar-refractivity contribution in [2.24, 2.45) is 11.8 Å². The summed E-state index contributed by atoms with van der Waals surface area (Å²) in [5, 5.41) is 0. The molecule has 1 aliphatic carbocycles. The van der Waals surface area contributed by atoms with Crippen molar-refractivity contribution in [1.82, 2.24) is 4.90 Å². The van der Waals surface area contributed by atoms with Crippen LogP contribution in [0.1, 0.15) is 60.3 Å². The lowest BCUT2D eigenvalue weighted by Crippen LogP contribution is -2.46. The maximum absolute atomic E-state index is 12.0. The normalized spacial score (nSPS) is 23.5. The van der Waals surface area contributed by atoms with Gasteiger partial charge in [-0.1, -0.05) is 13.8 Å². The lowest BCUT2D eigenvalue weighted by molar-refractivity contribution is -0.159. The molecule has 1 fully saturated rings. The third-order valence-electron chi connectivity index (χ3n) is 4.03. The first kappa shape index (κ1) is 18.1. The Hall–Kier alpha value is -0.900. The third kappa shape index (κ3) is 6.16. The Kier molecular flexibility index (Phi) is 6.85. The Balaban J connectivity index is 2.39. The molecule has 0 spiro atoms. The van der Waals surface area contributed by atoms with Crippen molar-refractivity contribution in [2.45, 2.75) is 71.9 Å². The van der Waals surface area contributed by atoms with Crippen LogP contribution in [-0.2, 0) is 14.3 Å². The van der Waals surface area contributed by atoms with E-state index in [1.54, 1.807) is 0 Å². The van der Waals surface area contributed by atoms with Crippen molar-refractivity contribution in [3.05, 3.63) is 0 Å². The minimum atomic E-state index is -0.417. The molecule has 0 bridgehead atoms. The molecule has 4 nitrogen and oxygen atoms in total. The Morgan fingerprint density at radius 2 is 1.95 bits per heavy atom. The van der Waals surface area contributed by atoms with E-state index in [9.17, 15) is 9.59 Å². The second-order valence-corrected chi connectivity index (χ2v) is 7.28. The number of esters is 1. The Morgan fingerprint density at radius 3 is 2.43 bits per heavy atom. The van der Waals surface area contributed by atoms with Crippen molar-refractivity contribution in [3.63, 3.8) is 0 Å². The molecule has 0 aromatic rings. The van der Waals surface area contributed by atoms with E-state index in [0.29, 0.717) is 6.04 Å². The van der Waals surface area contributed by atoms with E-state index in [1.165, 1.54) is 0 Å². The first-order chi connectivity index (χ1) is 9.76. The molecule has 0 aromatic heterocycles. The van der Waals surface area contributed by atoms with Crippen molar-refractivity contribution < 1.29 is 14.3 Å². The Bertz CT molecular complexity index is 342. The topological polar surface area (TPSA) is 46.6 Å². The summed E-state index contributed by atoms with van der Waals surface area (Å²) in [5.41, 5.74) is -0.417. The van der Waals surface area contributed by atoms with Crippen LogP contribution in [0.4, 0.5) is 0 Å². The fraction of sp³-hybridized carbons (Fsp3) is 0.882. The quantitative estimate of drug-likeness (QED) is 0.510. The van der Waals surface area contributed by atoms with Crippen molar-refractivity contribution in [2.75, 3.05) is 13.1 Å². The molecule has 0 amide bonds. The summed E-state index contributed by atoms with van der Waals surface area (Å²) in [6, 6.07) is 0.519. The number of rotatable bonds is 8. The molecule has 0 heterocycles. The molecule has 0 radical (unpaired) electrons. The summed E-state index contributed by atoms with van der Waals surface area (Å²) < 4.78 is 5.42. The van der Waals surface area contributed by atoms with Gasteiger partial charge in [-0.3, -0.25) is 4.79 Å². The van der Waals surface area contributed by atoms with Crippen LogP contribution in [0.5, 0.6) is 0 Å². The molecule has 1 saturated carbocycles. The highest BCUT2D eigenvalue weighted by atomic mass is 16.6. The van der Waals surface area contributed by atoms with Gasteiger partial charge in [-0.05, 0) is 59.5 Å². The zero-order chi connectivity index (χ0) is 16.0. The lowest BCUT2D eigenvalue weighted by Gasteiger charge is -2.41. The van der Waals surface area contributed by atoms with E-state index < -0.39 is 5.60 Å². The van der Waals surface area contributed by atoms with Crippen LogP contribution in [0.25, 0.3) is 0 Å². The van der Waals surface area contributed by atoms with Gasteiger partial charge in [0.1, 0.15) is 11.9 Å². The molecule has 1 unspecified atom stereocenters. The second kappa shape index (κ2) is 7.92. The van der Waals surface area contributed by atoms with Gasteiger partial charge < -0.3 is 14.4 Å². The van der Waals surface area contributed by atoms with Gasteiger partial charge in [-0.2, -0.15) is 0 Å². The van der Waals surface area contributed by atoms with Crippen LogP contribution < -0.4 is 0 Å². The molecule has 21 heavy (non-hydrogen) atoms. The van der Waals surface area contributed by atoms with Crippen LogP contribution in [0.2, 0.25) is 0 Å². The molecular weight excluding hydrogens is 266 g/mol. The van der Waals surface area contributed by atoms with Crippen LogP contribution in [0, 0.1) is 11.8 Å². The van der Waals surface area contributed by atoms with Crippen molar-refractivity contribution >= 4 is 12.3 Å². The Labute approximate surface area is 129 Å². The van der Waals surface area contributed by atoms with Gasteiger partial charge in [0.15, 0.2) is 0 Å². The predicted molar refractivity (Wildman–Crippen MR) is 84.1 cm³/mol. The number of carbonyl (C=O) groups is 2. The molecule has 0 aromatic carbocycles. The molecule has 1 rings (SSSR count). The van der Waals surface area contributed by atoms with Gasteiger partial charge in [0, 0.05) is 12.0 Å². The SMILES string of the molecule is CCCN(CCC(C)C(=O)OC(C)(C)C)C1CC(C=O)C1. The van der Waals surface area contributed by atoms with Gasteiger partial charge in [-0.25, -0.2) is 0 Å². The second-order valence-electron chi connectivity index (χ2n) is 7.28. The molecule has 4 heteroatoms. The van der Waals surface area contributed by atoms with Crippen LogP contribution >= 0.6 is 0 Å². The summed E-state index contributed by atoms with van der Waals surface area (Å²) in [7, 11) is 0. The number of hydrogen-bond donors (Lipinski definition) is 0. The highest BCUT2D eigenvalue weighted by Gasteiger charge is 2.33. The standard InChI is InChI=1S/C17H31NO3/c1-6-8-18(15-10-14(11-15)12-19)9-7-13(2)16(20)21-17(3,4)5/h12-15H,6-11H2,1-5H3. The maximum Gasteiger partial charge on any atom is 0.309 e. The molecule has 0 N–H and O–H groups in total. The molecule has 122 valence electrons. The van der Waals surface area contributed by atoms with E-state index in [1.807, 2.05) is 27.7 Å². The number of aldehydes is 1. The molecule has 0 saturated heterocycles. The first-order valence-corrected chi connectivity index (χ1v) is 8.19. The van der Waals surface area contributed by atoms with Crippen LogP contribution in [-0.4, -0.2) is 41.9 Å². The van der Waals surface area contributed by atoms with Crippen LogP contribution in [0.3, 0.4) is 0 Å². The molecule has 1 atom stereocenters. The number of ether oxygens (including phenoxy) is 1. The Morgan fingerprint density at radius 1 is 1.33 bits per heavy atom. The largest absolute Gasteiger partial charge is 0.460 e. The lowest BCUT2D eigenvalue weighted by atomic mass is 9.80. The predicted octanol–water partition coefficient (Wildman–Crippen LogP) is 3.04. The smallest absolute Gasteiger partial charge is 0.309 e. The number of carbonyl (C=O) groups excluding carboxylic acids is 2. The van der Waals surface area contributed by atoms with Crippen LogP contribution in [0.15, 0.2) is 0 Å². The average molecular weight is 297 g/mol. The molecule has 0 aliphatic heterocycles. The van der Waals surface area contributed by atoms with Gasteiger partial charge in [0.05, 0.1) is 5.92 Å². The van der Waals surface area contributed by atoms with E-state index in [4.69, 9.17) is 4.74 Å². The monoisotopic (exact) mass is 297 g/mol. The fourth-order valence-corrected chi connectivity index (χ4v) is 2.68. The fourth-order valence-electron chi connectivity index (χ4n) is 2.68. The van der Waals surface area contributed by atoms with E-state index in [0.717, 1.165) is 45.1 Å². The van der Waals surface area contributed by atoms with Gasteiger partial charge >= 0.3 is 5.97 Å². The summed E-state index contributed by atoms with van der Waals surface area (Å²) in [6.45, 7) is 11.7. The highest BCUT2D eigenvalue weighted by molar-refractivity contribution is 5.72. The van der Waals surface area contributed by atoms with Gasteiger partial charge in [0.2, 0.25) is 0 Å². The average Bonchev–Trinajstić information content (AvgIpc) is 2.32. The van der Waals surface area contributed by atoms with E-state index in [-0.39, 0.29) is 17.8 Å². The number of nitrogens with zero attached hydrogens (tertiary/aromatic N) is 1. The first-order valence-electron chi connectivity index (χ1n) is 8.19. The highest BCUT2D eigenvalue weighted by Crippen LogP contribution is 2.30. The summed E-state index contributed by atoms with van der Waals surface area (Å²) in [5.74, 6) is 0.0569. The summed E-state index contributed by atoms with van der Waals surface area (Å²) >= 11 is 0. The zero-order valence-corrected chi connectivity index (χ0v) is 14.2. The maximum atomic E-state index is 12.0. The van der Waals surface area contributed by atoms with Gasteiger partial charge in [0.25, 0.3) is 0 Å². The molecule has 1 aliphatic rings.